The van der Waals surface area contributed by atoms with E-state index in [1.54, 1.807) is 0 Å². The van der Waals surface area contributed by atoms with Gasteiger partial charge in [0.1, 0.15) is 0 Å². The Morgan fingerprint density at radius 1 is 0.882 bits per heavy atom. The van der Waals surface area contributed by atoms with E-state index in [0.717, 1.165) is 12.8 Å². The van der Waals surface area contributed by atoms with Crippen LogP contribution in [0, 0.1) is 5.41 Å². The Hall–Kier alpha value is 0.170. The number of rotatable bonds is 7. The van der Waals surface area contributed by atoms with E-state index < -0.39 is 11.4 Å². The molecule has 0 heterocycles. The average Bonchev–Trinajstić information content (AvgIpc) is 2.09. The lowest BCUT2D eigenvalue weighted by Crippen LogP contribution is -2.31. The van der Waals surface area contributed by atoms with Crippen molar-refractivity contribution < 1.29 is 9.90 Å². The first-order chi connectivity index (χ1) is 7.36. The van der Waals surface area contributed by atoms with Crippen molar-refractivity contribution in [1.29, 1.82) is 0 Å². The smallest absolute Gasteiger partial charge is 0.309 e. The van der Waals surface area contributed by atoms with Crippen LogP contribution in [0.25, 0.3) is 0 Å². The summed E-state index contributed by atoms with van der Waals surface area (Å²) in [6, 6.07) is 0. The first kappa shape index (κ1) is 17.2. The zero-order valence-electron chi connectivity index (χ0n) is 11.6. The van der Waals surface area contributed by atoms with Gasteiger partial charge >= 0.3 is 5.97 Å². The molecule has 0 aromatic rings. The highest BCUT2D eigenvalue weighted by molar-refractivity contribution is 7.81. The lowest BCUT2D eigenvalue weighted by atomic mass is 9.78. The first-order valence-corrected chi connectivity index (χ1v) is 6.93. The maximum absolute atomic E-state index is 11.4. The van der Waals surface area contributed by atoms with Crippen molar-refractivity contribution in [2.75, 3.05) is 0 Å². The fourth-order valence-corrected chi connectivity index (χ4v) is 1.73. The highest BCUT2D eigenvalue weighted by atomic mass is 32.1. The maximum atomic E-state index is 11.4. The molecule has 0 spiro atoms. The Labute approximate surface area is 116 Å². The van der Waals surface area contributed by atoms with Crippen LogP contribution >= 0.6 is 25.3 Å². The largest absolute Gasteiger partial charge is 0.481 e. The summed E-state index contributed by atoms with van der Waals surface area (Å²) in [5, 5.41) is 9.38. The Morgan fingerprint density at radius 2 is 1.18 bits per heavy atom. The van der Waals surface area contributed by atoms with Crippen LogP contribution in [0.3, 0.4) is 0 Å². The molecule has 0 aromatic carbocycles. The minimum atomic E-state index is -0.715. The molecule has 0 aliphatic rings. The monoisotopic (exact) mass is 278 g/mol. The van der Waals surface area contributed by atoms with Crippen molar-refractivity contribution in [3.05, 3.63) is 0 Å². The van der Waals surface area contributed by atoms with Gasteiger partial charge in [-0.25, -0.2) is 0 Å². The molecule has 0 radical (unpaired) electrons. The van der Waals surface area contributed by atoms with Gasteiger partial charge < -0.3 is 5.11 Å². The van der Waals surface area contributed by atoms with Gasteiger partial charge in [0.15, 0.2) is 0 Å². The van der Waals surface area contributed by atoms with Crippen LogP contribution in [0.4, 0.5) is 0 Å². The fourth-order valence-electron chi connectivity index (χ4n) is 1.50. The van der Waals surface area contributed by atoms with E-state index in [1.165, 1.54) is 0 Å². The van der Waals surface area contributed by atoms with Crippen molar-refractivity contribution in [2.24, 2.45) is 5.41 Å². The minimum Gasteiger partial charge on any atom is -0.481 e. The summed E-state index contributed by atoms with van der Waals surface area (Å²) in [5.41, 5.74) is -0.667. The molecule has 0 aliphatic carbocycles. The highest BCUT2D eigenvalue weighted by Crippen LogP contribution is 2.36. The number of hydrogen-bond donors (Lipinski definition) is 3. The molecule has 0 bridgehead atoms. The Kier molecular flexibility index (Phi) is 5.93. The molecule has 0 unspecified atom stereocenters. The van der Waals surface area contributed by atoms with Crippen LogP contribution < -0.4 is 0 Å². The Morgan fingerprint density at radius 3 is 1.35 bits per heavy atom. The number of aliphatic carboxylic acids is 1. The number of thiol groups is 2. The van der Waals surface area contributed by atoms with Gasteiger partial charge in [-0.05, 0) is 32.6 Å². The van der Waals surface area contributed by atoms with Crippen molar-refractivity contribution in [2.45, 2.75) is 69.8 Å². The van der Waals surface area contributed by atoms with Gasteiger partial charge in [-0.3, -0.25) is 4.79 Å². The summed E-state index contributed by atoms with van der Waals surface area (Å²) < 4.78 is -0.236. The molecular weight excluding hydrogens is 252 g/mol. The SMILES string of the molecule is CC(C)(S)CCC(C)(CCC(C)(C)S)C(=O)O. The molecule has 0 rings (SSSR count). The summed E-state index contributed by atoms with van der Waals surface area (Å²) in [4.78, 5) is 11.4. The van der Waals surface area contributed by atoms with Gasteiger partial charge in [0, 0.05) is 9.49 Å². The number of carboxylic acid groups (broad SMARTS) is 1. The molecule has 0 saturated carbocycles. The van der Waals surface area contributed by atoms with Gasteiger partial charge in [0.2, 0.25) is 0 Å². The van der Waals surface area contributed by atoms with E-state index in [9.17, 15) is 9.90 Å². The number of carbonyl (C=O) groups is 1. The van der Waals surface area contributed by atoms with Crippen LogP contribution in [0.15, 0.2) is 0 Å². The maximum Gasteiger partial charge on any atom is 0.309 e. The van der Waals surface area contributed by atoms with E-state index >= 15 is 0 Å². The highest BCUT2D eigenvalue weighted by Gasteiger charge is 2.35. The molecule has 2 nitrogen and oxygen atoms in total. The molecule has 0 atom stereocenters. The topological polar surface area (TPSA) is 37.3 Å². The normalized spacial score (nSPS) is 13.8. The molecule has 102 valence electrons. The fraction of sp³-hybridized carbons (Fsp3) is 0.923. The summed E-state index contributed by atoms with van der Waals surface area (Å²) in [6.07, 6.45) is 2.91. The van der Waals surface area contributed by atoms with E-state index in [0.29, 0.717) is 12.8 Å². The second-order valence-corrected chi connectivity index (χ2v) is 8.91. The summed E-state index contributed by atoms with van der Waals surface area (Å²) in [6.45, 7) is 9.89. The van der Waals surface area contributed by atoms with Crippen LogP contribution in [0.2, 0.25) is 0 Å². The van der Waals surface area contributed by atoms with Crippen LogP contribution in [0.5, 0.6) is 0 Å². The van der Waals surface area contributed by atoms with Gasteiger partial charge in [-0.15, -0.1) is 0 Å². The predicted octanol–water partition coefficient (Wildman–Crippen LogP) is 4.05. The average molecular weight is 278 g/mol. The lowest BCUT2D eigenvalue weighted by Gasteiger charge is -2.30. The molecule has 1 N–H and O–H groups in total. The molecule has 0 fully saturated rings. The van der Waals surface area contributed by atoms with E-state index in [-0.39, 0.29) is 9.49 Å². The summed E-state index contributed by atoms with van der Waals surface area (Å²) in [5.74, 6) is -0.715. The van der Waals surface area contributed by atoms with Crippen LogP contribution in [-0.4, -0.2) is 20.6 Å². The van der Waals surface area contributed by atoms with E-state index in [1.807, 2.05) is 34.6 Å². The Bertz CT molecular complexity index is 244. The third kappa shape index (κ3) is 7.98. The second kappa shape index (κ2) is 5.87. The number of carboxylic acids is 1. The van der Waals surface area contributed by atoms with Crippen molar-refractivity contribution in [3.63, 3.8) is 0 Å². The minimum absolute atomic E-state index is 0.118. The van der Waals surface area contributed by atoms with Crippen LogP contribution in [0.1, 0.15) is 60.3 Å². The third-order valence-corrected chi connectivity index (χ3v) is 3.54. The molecule has 17 heavy (non-hydrogen) atoms. The molecule has 0 amide bonds. The quantitative estimate of drug-likeness (QED) is 0.614. The lowest BCUT2D eigenvalue weighted by molar-refractivity contribution is -0.149. The van der Waals surface area contributed by atoms with Gasteiger partial charge in [0.05, 0.1) is 5.41 Å². The second-order valence-electron chi connectivity index (χ2n) is 6.49. The first-order valence-electron chi connectivity index (χ1n) is 6.04. The number of hydrogen-bond acceptors (Lipinski definition) is 3. The van der Waals surface area contributed by atoms with Gasteiger partial charge in [0.25, 0.3) is 0 Å². The van der Waals surface area contributed by atoms with Gasteiger partial charge in [-0.1, -0.05) is 27.7 Å². The molecule has 0 aromatic heterocycles. The van der Waals surface area contributed by atoms with Crippen molar-refractivity contribution in [1.82, 2.24) is 0 Å². The molecule has 0 saturated heterocycles. The Balaban J connectivity index is 4.53. The van der Waals surface area contributed by atoms with E-state index in [2.05, 4.69) is 25.3 Å². The zero-order valence-corrected chi connectivity index (χ0v) is 13.4. The summed E-state index contributed by atoms with van der Waals surface area (Å²) in [7, 11) is 0. The van der Waals surface area contributed by atoms with Crippen molar-refractivity contribution in [3.8, 4) is 0 Å². The third-order valence-electron chi connectivity index (χ3n) is 3.09. The van der Waals surface area contributed by atoms with Crippen LogP contribution in [-0.2, 0) is 4.79 Å². The van der Waals surface area contributed by atoms with Gasteiger partial charge in [-0.2, -0.15) is 25.3 Å². The summed E-state index contributed by atoms with van der Waals surface area (Å²) >= 11 is 8.90. The molecule has 4 heteroatoms. The van der Waals surface area contributed by atoms with Crippen molar-refractivity contribution >= 4 is 31.2 Å². The standard InChI is InChI=1S/C13H26O2S2/c1-11(2,16)6-8-13(5,10(14)15)9-7-12(3,4)17/h16-17H,6-9H2,1-5H3,(H,14,15). The zero-order chi connectivity index (χ0) is 13.9. The van der Waals surface area contributed by atoms with E-state index in [4.69, 9.17) is 0 Å². The predicted molar refractivity (Wildman–Crippen MR) is 80.3 cm³/mol. The molecular formula is C13H26O2S2. The molecule has 0 aliphatic heterocycles.